The lowest BCUT2D eigenvalue weighted by molar-refractivity contribution is 1.08. The van der Waals surface area contributed by atoms with Crippen LogP contribution in [-0.2, 0) is 6.42 Å². The van der Waals surface area contributed by atoms with Gasteiger partial charge in [0.05, 0.1) is 0 Å². The number of hydrogen-bond donors (Lipinski definition) is 0. The van der Waals surface area contributed by atoms with Crippen molar-refractivity contribution in [3.63, 3.8) is 0 Å². The van der Waals surface area contributed by atoms with Gasteiger partial charge in [-0.1, -0.05) is 24.6 Å². The maximum atomic E-state index is 2.26. The minimum atomic E-state index is 1.10. The Balaban J connectivity index is 3.10. The Labute approximate surface area is 75.6 Å². The van der Waals surface area contributed by atoms with Crippen LogP contribution in [0.5, 0.6) is 0 Å². The van der Waals surface area contributed by atoms with Gasteiger partial charge in [-0.2, -0.15) is 0 Å². The SMILES string of the molecule is C[CH]Cc1c(C)cc(C)cc1C. The van der Waals surface area contributed by atoms with E-state index in [0.717, 1.165) is 6.42 Å². The van der Waals surface area contributed by atoms with Crippen molar-refractivity contribution in [1.82, 2.24) is 0 Å². The number of benzene rings is 1. The molecular formula is C12H17. The van der Waals surface area contributed by atoms with Crippen LogP contribution in [0.4, 0.5) is 0 Å². The first-order valence-corrected chi connectivity index (χ1v) is 4.49. The molecule has 65 valence electrons. The molecule has 0 aromatic heterocycles. The molecular weight excluding hydrogens is 144 g/mol. The molecule has 0 atom stereocenters. The second kappa shape index (κ2) is 3.75. The smallest absolute Gasteiger partial charge is 0.0245 e. The quantitative estimate of drug-likeness (QED) is 0.623. The van der Waals surface area contributed by atoms with Gasteiger partial charge in [0, 0.05) is 0 Å². The Morgan fingerprint density at radius 2 is 1.58 bits per heavy atom. The van der Waals surface area contributed by atoms with Crippen molar-refractivity contribution < 1.29 is 0 Å². The van der Waals surface area contributed by atoms with Crippen molar-refractivity contribution in [2.45, 2.75) is 34.1 Å². The molecule has 12 heavy (non-hydrogen) atoms. The molecule has 0 aliphatic rings. The first-order chi connectivity index (χ1) is 5.65. The maximum absolute atomic E-state index is 2.26. The van der Waals surface area contributed by atoms with Gasteiger partial charge in [0.25, 0.3) is 0 Å². The van der Waals surface area contributed by atoms with Crippen LogP contribution in [0, 0.1) is 27.2 Å². The molecule has 0 heterocycles. The Hall–Kier alpha value is -0.780. The topological polar surface area (TPSA) is 0 Å². The van der Waals surface area contributed by atoms with Gasteiger partial charge in [-0.15, -0.1) is 0 Å². The van der Waals surface area contributed by atoms with Gasteiger partial charge < -0.3 is 0 Å². The number of aryl methyl sites for hydroxylation is 3. The predicted molar refractivity (Wildman–Crippen MR) is 54.3 cm³/mol. The van der Waals surface area contributed by atoms with Crippen LogP contribution in [-0.4, -0.2) is 0 Å². The van der Waals surface area contributed by atoms with Crippen LogP contribution >= 0.6 is 0 Å². The summed E-state index contributed by atoms with van der Waals surface area (Å²) in [5.74, 6) is 0. The standard InChI is InChI=1S/C12H17/c1-5-6-12-10(3)7-9(2)8-11(12)4/h5,7-8H,6H2,1-4H3. The summed E-state index contributed by atoms with van der Waals surface area (Å²) in [5.41, 5.74) is 5.70. The fraction of sp³-hybridized carbons (Fsp3) is 0.417. The highest BCUT2D eigenvalue weighted by Crippen LogP contribution is 2.17. The van der Waals surface area contributed by atoms with E-state index in [-0.39, 0.29) is 0 Å². The summed E-state index contributed by atoms with van der Waals surface area (Å²) in [6.45, 7) is 8.65. The van der Waals surface area contributed by atoms with Crippen molar-refractivity contribution in [3.05, 3.63) is 40.8 Å². The van der Waals surface area contributed by atoms with E-state index in [2.05, 4.69) is 46.2 Å². The molecule has 0 heteroatoms. The summed E-state index contributed by atoms with van der Waals surface area (Å²) in [5, 5.41) is 0. The zero-order valence-electron chi connectivity index (χ0n) is 8.44. The monoisotopic (exact) mass is 161 g/mol. The minimum absolute atomic E-state index is 1.10. The molecule has 0 saturated heterocycles. The molecule has 0 aliphatic carbocycles. The summed E-state index contributed by atoms with van der Waals surface area (Å²) < 4.78 is 0. The molecule has 1 aromatic rings. The van der Waals surface area contributed by atoms with Crippen molar-refractivity contribution in [1.29, 1.82) is 0 Å². The van der Waals surface area contributed by atoms with E-state index in [1.165, 1.54) is 22.3 Å². The third-order valence-corrected chi connectivity index (χ3v) is 2.25. The normalized spacial score (nSPS) is 10.3. The van der Waals surface area contributed by atoms with Crippen molar-refractivity contribution in [3.8, 4) is 0 Å². The largest absolute Gasteiger partial charge is 0.0619 e. The van der Waals surface area contributed by atoms with E-state index in [1.54, 1.807) is 0 Å². The van der Waals surface area contributed by atoms with Crippen LogP contribution in [0.25, 0.3) is 0 Å². The molecule has 0 unspecified atom stereocenters. The maximum Gasteiger partial charge on any atom is -0.0245 e. The molecule has 0 fully saturated rings. The summed E-state index contributed by atoms with van der Waals surface area (Å²) in [4.78, 5) is 0. The highest BCUT2D eigenvalue weighted by Gasteiger charge is 2.01. The molecule has 0 bridgehead atoms. The van der Waals surface area contributed by atoms with Gasteiger partial charge in [-0.25, -0.2) is 0 Å². The molecule has 0 saturated carbocycles. The van der Waals surface area contributed by atoms with Crippen molar-refractivity contribution in [2.24, 2.45) is 0 Å². The average Bonchev–Trinajstić information content (AvgIpc) is 1.96. The zero-order valence-corrected chi connectivity index (χ0v) is 8.44. The molecule has 0 nitrogen and oxygen atoms in total. The van der Waals surface area contributed by atoms with Crippen LogP contribution in [0.2, 0.25) is 0 Å². The van der Waals surface area contributed by atoms with E-state index in [0.29, 0.717) is 0 Å². The fourth-order valence-corrected chi connectivity index (χ4v) is 1.74. The Bertz CT molecular complexity index is 248. The van der Waals surface area contributed by atoms with Gasteiger partial charge in [-0.05, 0) is 50.3 Å². The van der Waals surface area contributed by atoms with E-state index in [4.69, 9.17) is 0 Å². The fourth-order valence-electron chi connectivity index (χ4n) is 1.74. The second-order valence-electron chi connectivity index (χ2n) is 3.49. The molecule has 0 N–H and O–H groups in total. The Morgan fingerprint density at radius 3 is 2.00 bits per heavy atom. The third kappa shape index (κ3) is 1.88. The van der Waals surface area contributed by atoms with Gasteiger partial charge in [0.15, 0.2) is 0 Å². The molecule has 0 spiro atoms. The zero-order chi connectivity index (χ0) is 9.14. The summed E-state index contributed by atoms with van der Waals surface area (Å²) in [7, 11) is 0. The van der Waals surface area contributed by atoms with Gasteiger partial charge >= 0.3 is 0 Å². The number of hydrogen-bond acceptors (Lipinski definition) is 0. The molecule has 0 amide bonds. The predicted octanol–water partition coefficient (Wildman–Crippen LogP) is 3.38. The van der Waals surface area contributed by atoms with Crippen molar-refractivity contribution >= 4 is 0 Å². The van der Waals surface area contributed by atoms with Crippen LogP contribution in [0.15, 0.2) is 12.1 Å². The third-order valence-electron chi connectivity index (χ3n) is 2.25. The van der Waals surface area contributed by atoms with Crippen LogP contribution < -0.4 is 0 Å². The van der Waals surface area contributed by atoms with E-state index in [9.17, 15) is 0 Å². The lowest BCUT2D eigenvalue weighted by atomic mass is 9.97. The number of rotatable bonds is 2. The summed E-state index contributed by atoms with van der Waals surface area (Å²) in [6, 6.07) is 4.51. The van der Waals surface area contributed by atoms with E-state index in [1.807, 2.05) is 0 Å². The summed E-state index contributed by atoms with van der Waals surface area (Å²) >= 11 is 0. The van der Waals surface area contributed by atoms with Gasteiger partial charge in [0.2, 0.25) is 0 Å². The second-order valence-corrected chi connectivity index (χ2v) is 3.49. The highest BCUT2D eigenvalue weighted by molar-refractivity contribution is 5.38. The van der Waals surface area contributed by atoms with Crippen LogP contribution in [0.3, 0.4) is 0 Å². The molecule has 1 aromatic carbocycles. The Morgan fingerprint density at radius 1 is 1.08 bits per heavy atom. The lowest BCUT2D eigenvalue weighted by Gasteiger charge is -2.09. The first-order valence-electron chi connectivity index (χ1n) is 4.49. The molecule has 0 aliphatic heterocycles. The Kier molecular flexibility index (Phi) is 2.91. The van der Waals surface area contributed by atoms with Gasteiger partial charge in [0.1, 0.15) is 0 Å². The minimum Gasteiger partial charge on any atom is -0.0619 e. The molecule has 1 rings (SSSR count). The lowest BCUT2D eigenvalue weighted by Crippen LogP contribution is -1.94. The van der Waals surface area contributed by atoms with E-state index >= 15 is 0 Å². The summed E-state index contributed by atoms with van der Waals surface area (Å²) in [6.07, 6.45) is 3.31. The van der Waals surface area contributed by atoms with Crippen molar-refractivity contribution in [2.75, 3.05) is 0 Å². The van der Waals surface area contributed by atoms with Crippen LogP contribution in [0.1, 0.15) is 29.2 Å². The molecule has 1 radical (unpaired) electrons. The highest BCUT2D eigenvalue weighted by atomic mass is 14.1. The average molecular weight is 161 g/mol. The first kappa shape index (κ1) is 9.31. The van der Waals surface area contributed by atoms with E-state index < -0.39 is 0 Å². The van der Waals surface area contributed by atoms with Gasteiger partial charge in [-0.3, -0.25) is 0 Å².